The molecule has 0 aliphatic heterocycles. The molecule has 12 nitrogen and oxygen atoms in total. The minimum absolute atomic E-state index is 0.0176. The van der Waals surface area contributed by atoms with Crippen LogP contribution in [0.5, 0.6) is 23.0 Å². The molecule has 2 aromatic rings. The molecule has 2 aromatic carbocycles. The first-order valence-corrected chi connectivity index (χ1v) is 24.8. The molecule has 0 radical (unpaired) electrons. The molecule has 4 rings (SSSR count). The summed E-state index contributed by atoms with van der Waals surface area (Å²) >= 11 is 0. The third kappa shape index (κ3) is 17.5. The summed E-state index contributed by atoms with van der Waals surface area (Å²) in [4.78, 5) is 29.8. The van der Waals surface area contributed by atoms with Crippen LogP contribution < -0.4 is 18.9 Å². The second-order valence-electron chi connectivity index (χ2n) is 18.1. The number of nitriles is 2. The quantitative estimate of drug-likeness (QED) is 0.0291. The second-order valence-corrected chi connectivity index (χ2v) is 18.1. The lowest BCUT2D eigenvalue weighted by molar-refractivity contribution is 0.0432. The summed E-state index contributed by atoms with van der Waals surface area (Å²) in [5.74, 6) is 2.28. The third-order valence-electron chi connectivity index (χ3n) is 12.8. The maximum Gasteiger partial charge on any atom is 0.515 e. The topological polar surface area (TPSA) is 144 Å². The number of benzene rings is 2. The van der Waals surface area contributed by atoms with Crippen molar-refractivity contribution >= 4 is 12.3 Å². The maximum absolute atomic E-state index is 12.9. The van der Waals surface area contributed by atoms with Gasteiger partial charge in [0.1, 0.15) is 48.6 Å². The van der Waals surface area contributed by atoms with E-state index in [-0.39, 0.29) is 50.3 Å². The van der Waals surface area contributed by atoms with Gasteiger partial charge in [-0.05, 0) is 140 Å². The fraction of sp³-hybridized carbons (Fsp3) is 0.571. The normalized spacial score (nSPS) is 17.3. The first kappa shape index (κ1) is 56.8. The number of allylic oxidation sites excluding steroid dienone is 6. The zero-order valence-corrected chi connectivity index (χ0v) is 43.0. The highest BCUT2D eigenvalue weighted by molar-refractivity contribution is 5.70. The molecule has 0 saturated carbocycles. The lowest BCUT2D eigenvalue weighted by Crippen LogP contribution is -2.29. The maximum atomic E-state index is 12.9. The van der Waals surface area contributed by atoms with E-state index >= 15 is 0 Å². The Morgan fingerprint density at radius 1 is 0.603 bits per heavy atom. The second kappa shape index (κ2) is 30.0. The Morgan fingerprint density at radius 3 is 1.28 bits per heavy atom. The van der Waals surface area contributed by atoms with Gasteiger partial charge in [0.05, 0.1) is 0 Å². The van der Waals surface area contributed by atoms with E-state index in [1.807, 2.05) is 68.7 Å². The van der Waals surface area contributed by atoms with E-state index < -0.39 is 12.3 Å². The van der Waals surface area contributed by atoms with Crippen molar-refractivity contribution in [2.24, 2.45) is 11.8 Å². The van der Waals surface area contributed by atoms with Gasteiger partial charge in [-0.15, -0.1) is 0 Å². The van der Waals surface area contributed by atoms with Gasteiger partial charge < -0.3 is 28.4 Å². The Hall–Kier alpha value is -5.56. The van der Waals surface area contributed by atoms with E-state index in [0.29, 0.717) is 28.6 Å². The van der Waals surface area contributed by atoms with Gasteiger partial charge in [-0.25, -0.2) is 9.59 Å². The van der Waals surface area contributed by atoms with Gasteiger partial charge >= 0.3 is 12.3 Å². The highest BCUT2D eigenvalue weighted by Crippen LogP contribution is 2.50. The molecule has 0 aromatic heterocycles. The van der Waals surface area contributed by atoms with E-state index in [2.05, 4.69) is 72.1 Å². The number of aryl methyl sites for hydroxylation is 2. The summed E-state index contributed by atoms with van der Waals surface area (Å²) < 4.78 is 34.3. The van der Waals surface area contributed by atoms with Crippen LogP contribution in [0.2, 0.25) is 0 Å². The minimum atomic E-state index is -0.792. The fourth-order valence-corrected chi connectivity index (χ4v) is 8.84. The molecule has 4 atom stereocenters. The van der Waals surface area contributed by atoms with E-state index in [1.165, 1.54) is 11.1 Å². The van der Waals surface area contributed by atoms with Crippen molar-refractivity contribution in [3.63, 3.8) is 0 Å². The number of ether oxygens (including phenoxy) is 6. The minimum Gasteiger partial charge on any atom is -0.478 e. The lowest BCUT2D eigenvalue weighted by Gasteiger charge is -2.25. The first-order chi connectivity index (χ1) is 32.7. The van der Waals surface area contributed by atoms with Crippen molar-refractivity contribution in [3.8, 4) is 35.1 Å². The number of nitrogens with zero attached hydrogens (tertiary/aromatic N) is 4. The molecule has 2 aliphatic rings. The van der Waals surface area contributed by atoms with Crippen molar-refractivity contribution in [3.05, 3.63) is 94.1 Å². The highest BCUT2D eigenvalue weighted by atomic mass is 16.7. The average Bonchev–Trinajstić information content (AvgIpc) is 3.90. The van der Waals surface area contributed by atoms with Crippen LogP contribution in [0, 0.1) is 34.5 Å². The van der Waals surface area contributed by atoms with E-state index in [1.54, 1.807) is 0 Å². The summed E-state index contributed by atoms with van der Waals surface area (Å²) in [6, 6.07) is 12.0. The van der Waals surface area contributed by atoms with Crippen molar-refractivity contribution in [1.82, 2.24) is 9.80 Å². The smallest absolute Gasteiger partial charge is 0.478 e. The summed E-state index contributed by atoms with van der Waals surface area (Å²) in [7, 11) is 0. The number of unbranched alkanes of at least 4 members (excludes halogenated alkanes) is 4. The average molecular weight is 937 g/mol. The van der Waals surface area contributed by atoms with Gasteiger partial charge in [-0.3, -0.25) is 9.80 Å². The molecule has 0 heterocycles. The number of hydrogen-bond acceptors (Lipinski definition) is 12. The van der Waals surface area contributed by atoms with Gasteiger partial charge in [0.25, 0.3) is 0 Å². The first-order valence-electron chi connectivity index (χ1n) is 24.8. The van der Waals surface area contributed by atoms with Gasteiger partial charge in [-0.2, -0.15) is 10.5 Å². The van der Waals surface area contributed by atoms with Crippen LogP contribution in [0.3, 0.4) is 0 Å². The molecule has 68 heavy (non-hydrogen) atoms. The van der Waals surface area contributed by atoms with Crippen LogP contribution in [0.1, 0.15) is 155 Å². The van der Waals surface area contributed by atoms with Gasteiger partial charge in [0.15, 0.2) is 13.2 Å². The van der Waals surface area contributed by atoms with Crippen molar-refractivity contribution in [1.29, 1.82) is 10.5 Å². The lowest BCUT2D eigenvalue weighted by atomic mass is 9.83. The molecular formula is C56H80N4O8. The summed E-state index contributed by atoms with van der Waals surface area (Å²) in [6.45, 7) is 32.2. The molecule has 0 N–H and O–H groups in total. The molecule has 0 unspecified atom stereocenters. The highest BCUT2D eigenvalue weighted by Gasteiger charge is 2.35. The van der Waals surface area contributed by atoms with Gasteiger partial charge in [0.2, 0.25) is 0 Å². The molecule has 0 saturated heterocycles. The van der Waals surface area contributed by atoms with Crippen molar-refractivity contribution in [2.45, 2.75) is 145 Å². The van der Waals surface area contributed by atoms with Crippen LogP contribution in [-0.4, -0.2) is 75.0 Å². The standard InChI is InChI=1S/C32H50N2O6.C24H30N2O2/c1-9-14-15-16-25-19-28(39-31(35)37-21-33(10-2)11-3)30(27-18-24(8)17-26(27)23(6)7)29(20-25)40-32(36)38-22-34(12-4)13-5;1-5-6-7-8-19-15-22(27-11-9-25)24(23(16-19)28-12-10-26)21-14-18(4)13-20(21)17(2)3/h18-20,26-27H,6,9-17,21-22H2,1-5,7-8H3;14-16,20-21H,2,5-8,11-13H2,1,3-4H3/t26-,27+;20-,21+/m00/s1. The Balaban J connectivity index is 0.000000383. The summed E-state index contributed by atoms with van der Waals surface area (Å²) in [5, 5.41) is 18.1. The van der Waals surface area contributed by atoms with E-state index in [4.69, 9.17) is 38.9 Å². The van der Waals surface area contributed by atoms with Crippen LogP contribution in [0.4, 0.5) is 9.59 Å². The van der Waals surface area contributed by atoms with E-state index in [0.717, 1.165) is 118 Å². The van der Waals surface area contributed by atoms with Crippen LogP contribution in [0.25, 0.3) is 0 Å². The largest absolute Gasteiger partial charge is 0.515 e. The Morgan fingerprint density at radius 2 is 0.956 bits per heavy atom. The molecule has 0 spiro atoms. The number of hydrogen-bond donors (Lipinski definition) is 0. The SMILES string of the molecule is C=C(C)[C@@H]1CC(C)=C[C@H]1c1c(OC(=O)OCN(CC)CC)cc(CCCCC)cc1OC(=O)OCN(CC)CC.C=C(C)[C@@H]1CC(C)=C[C@H]1c1c(OCC#N)cc(CCCCC)cc1OCC#N. The van der Waals surface area contributed by atoms with Gasteiger partial charge in [0, 0.05) is 23.0 Å². The van der Waals surface area contributed by atoms with Crippen molar-refractivity contribution in [2.75, 3.05) is 52.9 Å². The number of carbonyl (C=O) groups is 2. The molecular weight excluding hydrogens is 857 g/mol. The van der Waals surface area contributed by atoms with Crippen molar-refractivity contribution < 1.29 is 38.0 Å². The van der Waals surface area contributed by atoms with Crippen LogP contribution in [-0.2, 0) is 22.3 Å². The van der Waals surface area contributed by atoms with E-state index in [9.17, 15) is 9.59 Å². The predicted molar refractivity (Wildman–Crippen MR) is 270 cm³/mol. The molecule has 372 valence electrons. The molecule has 2 aliphatic carbocycles. The number of carbonyl (C=O) groups excluding carboxylic acids is 2. The van der Waals surface area contributed by atoms with Crippen LogP contribution in [0.15, 0.2) is 71.9 Å². The Labute approximate surface area is 408 Å². The molecule has 0 fully saturated rings. The molecule has 12 heteroatoms. The van der Waals surface area contributed by atoms with Gasteiger partial charge in [-0.1, -0.05) is 115 Å². The fourth-order valence-electron chi connectivity index (χ4n) is 8.84. The monoisotopic (exact) mass is 937 g/mol. The predicted octanol–water partition coefficient (Wildman–Crippen LogP) is 13.5. The summed E-state index contributed by atoms with van der Waals surface area (Å²) in [6.07, 6.45) is 12.8. The number of rotatable bonds is 26. The zero-order chi connectivity index (χ0) is 50.2. The Kier molecular flexibility index (Phi) is 25.1. The summed E-state index contributed by atoms with van der Waals surface area (Å²) in [5.41, 5.74) is 8.22. The Bertz CT molecular complexity index is 2030. The molecule has 0 amide bonds. The zero-order valence-electron chi connectivity index (χ0n) is 43.0. The third-order valence-corrected chi connectivity index (χ3v) is 12.8. The molecule has 0 bridgehead atoms. The van der Waals surface area contributed by atoms with Crippen LogP contribution >= 0.6 is 0 Å².